The minimum atomic E-state index is -3.57. The topological polar surface area (TPSA) is 69.7 Å². The van der Waals surface area contributed by atoms with E-state index in [2.05, 4.69) is 22.3 Å². The first-order chi connectivity index (χ1) is 16.3. The maximum atomic E-state index is 13.0. The Balaban J connectivity index is 1.32. The molecule has 2 heterocycles. The van der Waals surface area contributed by atoms with E-state index in [4.69, 9.17) is 23.2 Å². The maximum Gasteiger partial charge on any atom is 0.224 e. The average Bonchev–Trinajstić information content (AvgIpc) is 3.33. The number of amides is 1. The van der Waals surface area contributed by atoms with E-state index in [1.807, 2.05) is 12.1 Å². The first-order valence-corrected chi connectivity index (χ1v) is 14.2. The van der Waals surface area contributed by atoms with Gasteiger partial charge in [0, 0.05) is 26.2 Å². The molecule has 1 N–H and O–H groups in total. The number of nitrogens with zero attached hydrogens (tertiary/aromatic N) is 2. The van der Waals surface area contributed by atoms with Crippen LogP contribution in [0.15, 0.2) is 42.5 Å². The molecule has 9 heteroatoms. The lowest BCUT2D eigenvalue weighted by atomic mass is 9.98. The predicted molar refractivity (Wildman–Crippen MR) is 136 cm³/mol. The van der Waals surface area contributed by atoms with Crippen LogP contribution >= 0.6 is 23.2 Å². The molecule has 0 unspecified atom stereocenters. The van der Waals surface area contributed by atoms with Crippen LogP contribution < -0.4 is 5.32 Å². The van der Waals surface area contributed by atoms with Crippen LogP contribution in [0.5, 0.6) is 0 Å². The van der Waals surface area contributed by atoms with E-state index in [0.29, 0.717) is 41.5 Å². The Labute approximate surface area is 212 Å². The molecule has 2 fully saturated rings. The molecule has 2 aliphatic heterocycles. The molecular weight excluding hydrogens is 493 g/mol. The molecule has 0 bridgehead atoms. The molecule has 1 amide bonds. The van der Waals surface area contributed by atoms with Crippen molar-refractivity contribution in [1.82, 2.24) is 14.5 Å². The fourth-order valence-corrected chi connectivity index (χ4v) is 6.63. The fourth-order valence-electron chi connectivity index (χ4n) is 4.71. The van der Waals surface area contributed by atoms with Gasteiger partial charge in [0.1, 0.15) is 0 Å². The molecule has 0 aromatic heterocycles. The van der Waals surface area contributed by atoms with Gasteiger partial charge in [-0.3, -0.25) is 9.69 Å². The van der Waals surface area contributed by atoms with Crippen LogP contribution in [0.3, 0.4) is 0 Å². The number of sulfonamides is 1. The van der Waals surface area contributed by atoms with Crippen molar-refractivity contribution in [3.8, 4) is 0 Å². The predicted octanol–water partition coefficient (Wildman–Crippen LogP) is 4.45. The third-order valence-electron chi connectivity index (χ3n) is 6.54. The van der Waals surface area contributed by atoms with Crippen LogP contribution in [0.2, 0.25) is 10.0 Å². The zero-order chi connectivity index (χ0) is 24.1. The van der Waals surface area contributed by atoms with E-state index in [1.165, 1.54) is 22.7 Å². The minimum absolute atomic E-state index is 0.0978. The van der Waals surface area contributed by atoms with E-state index in [-0.39, 0.29) is 24.1 Å². The summed E-state index contributed by atoms with van der Waals surface area (Å²) >= 11 is 12.0. The molecule has 1 atom stereocenters. The van der Waals surface area contributed by atoms with E-state index in [0.717, 1.165) is 25.2 Å². The van der Waals surface area contributed by atoms with Gasteiger partial charge in [0.15, 0.2) is 0 Å². The van der Waals surface area contributed by atoms with Crippen molar-refractivity contribution in [2.24, 2.45) is 5.92 Å². The van der Waals surface area contributed by atoms with Gasteiger partial charge in [0.2, 0.25) is 15.9 Å². The number of piperidine rings is 1. The Kier molecular flexibility index (Phi) is 8.53. The number of rotatable bonds is 8. The van der Waals surface area contributed by atoms with Crippen molar-refractivity contribution >= 4 is 39.1 Å². The second-order valence-electron chi connectivity index (χ2n) is 9.22. The maximum absolute atomic E-state index is 13.0. The summed E-state index contributed by atoms with van der Waals surface area (Å²) in [6.45, 7) is 4.30. The van der Waals surface area contributed by atoms with Crippen molar-refractivity contribution in [2.45, 2.75) is 44.5 Å². The third-order valence-corrected chi connectivity index (χ3v) is 9.10. The van der Waals surface area contributed by atoms with Crippen LogP contribution in [0.25, 0.3) is 0 Å². The Bertz CT molecular complexity index is 1120. The van der Waals surface area contributed by atoms with Crippen molar-refractivity contribution in [2.75, 3.05) is 26.2 Å². The van der Waals surface area contributed by atoms with Crippen LogP contribution in [0, 0.1) is 5.92 Å². The number of halogens is 2. The molecule has 0 aliphatic carbocycles. The molecule has 2 aromatic rings. The average molecular weight is 525 g/mol. The number of carbonyl (C=O) groups is 1. The van der Waals surface area contributed by atoms with Gasteiger partial charge in [0.25, 0.3) is 0 Å². The van der Waals surface area contributed by atoms with Gasteiger partial charge < -0.3 is 5.32 Å². The molecule has 34 heavy (non-hydrogen) atoms. The first kappa shape index (κ1) is 25.5. The van der Waals surface area contributed by atoms with Crippen LogP contribution in [-0.4, -0.2) is 49.7 Å². The zero-order valence-electron chi connectivity index (χ0n) is 19.2. The lowest BCUT2D eigenvalue weighted by molar-refractivity contribution is -0.126. The number of hydrogen-bond donors (Lipinski definition) is 1. The molecule has 6 nitrogen and oxygen atoms in total. The lowest BCUT2D eigenvalue weighted by Gasteiger charge is -2.31. The summed E-state index contributed by atoms with van der Waals surface area (Å²) in [5.41, 5.74) is 2.89. The molecule has 0 saturated carbocycles. The van der Waals surface area contributed by atoms with Gasteiger partial charge in [-0.1, -0.05) is 53.5 Å². The largest absolute Gasteiger partial charge is 0.352 e. The molecule has 2 aliphatic rings. The van der Waals surface area contributed by atoms with Crippen LogP contribution in [0.1, 0.15) is 42.4 Å². The molecule has 2 saturated heterocycles. The highest BCUT2D eigenvalue weighted by Gasteiger charge is 2.32. The first-order valence-electron chi connectivity index (χ1n) is 11.8. The summed E-state index contributed by atoms with van der Waals surface area (Å²) in [6, 6.07) is 13.2. The Hall–Kier alpha value is -1.64. The van der Waals surface area contributed by atoms with Gasteiger partial charge in [0.05, 0.1) is 21.7 Å². The second kappa shape index (κ2) is 11.4. The summed E-state index contributed by atoms with van der Waals surface area (Å²) in [5.74, 6) is -0.619. The van der Waals surface area contributed by atoms with Crippen molar-refractivity contribution < 1.29 is 13.2 Å². The van der Waals surface area contributed by atoms with E-state index < -0.39 is 10.0 Å². The quantitative estimate of drug-likeness (QED) is 0.554. The zero-order valence-corrected chi connectivity index (χ0v) is 21.5. The second-order valence-corrected chi connectivity index (χ2v) is 12.0. The van der Waals surface area contributed by atoms with Gasteiger partial charge in [-0.05, 0) is 67.6 Å². The van der Waals surface area contributed by atoms with Crippen molar-refractivity contribution in [3.05, 3.63) is 69.2 Å². The SMILES string of the molecule is O=C(NCc1cccc(CN2CCCC2)c1)[C@@H]1CCCN(S(=O)(=O)Cc2ccc(Cl)c(Cl)c2)C1. The van der Waals surface area contributed by atoms with Gasteiger partial charge >= 0.3 is 0 Å². The number of carbonyl (C=O) groups excluding carboxylic acids is 1. The molecule has 184 valence electrons. The van der Waals surface area contributed by atoms with Crippen molar-refractivity contribution in [3.63, 3.8) is 0 Å². The smallest absolute Gasteiger partial charge is 0.224 e. The minimum Gasteiger partial charge on any atom is -0.352 e. The fraction of sp³-hybridized carbons (Fsp3) is 0.480. The Morgan fingerprint density at radius 1 is 0.941 bits per heavy atom. The summed E-state index contributed by atoms with van der Waals surface area (Å²) in [4.78, 5) is 15.3. The number of nitrogens with one attached hydrogen (secondary N) is 1. The lowest BCUT2D eigenvalue weighted by Crippen LogP contribution is -2.45. The highest BCUT2D eigenvalue weighted by molar-refractivity contribution is 7.88. The molecular formula is C25H31Cl2N3O3S. The summed E-state index contributed by atoms with van der Waals surface area (Å²) in [7, 11) is -3.57. The van der Waals surface area contributed by atoms with Gasteiger partial charge in [-0.2, -0.15) is 0 Å². The molecule has 0 spiro atoms. The van der Waals surface area contributed by atoms with Crippen LogP contribution in [-0.2, 0) is 33.7 Å². The number of benzene rings is 2. The number of likely N-dealkylation sites (tertiary alicyclic amines) is 1. The highest BCUT2D eigenvalue weighted by Crippen LogP contribution is 2.26. The third kappa shape index (κ3) is 6.73. The van der Waals surface area contributed by atoms with Crippen LogP contribution in [0.4, 0.5) is 0 Å². The summed E-state index contributed by atoms with van der Waals surface area (Å²) < 4.78 is 27.4. The monoisotopic (exact) mass is 523 g/mol. The molecule has 0 radical (unpaired) electrons. The Morgan fingerprint density at radius 2 is 1.71 bits per heavy atom. The Morgan fingerprint density at radius 3 is 2.47 bits per heavy atom. The highest BCUT2D eigenvalue weighted by atomic mass is 35.5. The number of hydrogen-bond acceptors (Lipinski definition) is 4. The summed E-state index contributed by atoms with van der Waals surface area (Å²) in [6.07, 6.45) is 3.86. The normalized spacial score (nSPS) is 19.9. The van der Waals surface area contributed by atoms with E-state index in [9.17, 15) is 13.2 Å². The molecule has 4 rings (SSSR count). The van der Waals surface area contributed by atoms with Crippen molar-refractivity contribution in [1.29, 1.82) is 0 Å². The van der Waals surface area contributed by atoms with Gasteiger partial charge in [-0.15, -0.1) is 0 Å². The molecule has 2 aromatic carbocycles. The van der Waals surface area contributed by atoms with E-state index >= 15 is 0 Å². The summed E-state index contributed by atoms with van der Waals surface area (Å²) in [5, 5.41) is 3.74. The standard InChI is InChI=1S/C25H31Cl2N3O3S/c26-23-9-8-21(14-24(23)27)18-34(32,33)30-12-4-7-22(17-30)25(31)28-15-19-5-3-6-20(13-19)16-29-10-1-2-11-29/h3,5-6,8-9,13-14,22H,1-2,4,7,10-12,15-18H2,(H,28,31)/t22-/m1/s1. The van der Waals surface area contributed by atoms with Gasteiger partial charge in [-0.25, -0.2) is 12.7 Å². The van der Waals surface area contributed by atoms with E-state index in [1.54, 1.807) is 18.2 Å².